The van der Waals surface area contributed by atoms with E-state index in [1.165, 1.54) is 12.4 Å². The van der Waals surface area contributed by atoms with Gasteiger partial charge in [0.15, 0.2) is 0 Å². The monoisotopic (exact) mass is 194 g/mol. The van der Waals surface area contributed by atoms with Crippen LogP contribution in [0.2, 0.25) is 0 Å². The van der Waals surface area contributed by atoms with Crippen LogP contribution in [0, 0.1) is 0 Å². The summed E-state index contributed by atoms with van der Waals surface area (Å²) in [5, 5.41) is 2.77. The van der Waals surface area contributed by atoms with Crippen molar-refractivity contribution < 1.29 is 4.79 Å². The summed E-state index contributed by atoms with van der Waals surface area (Å²) in [6.45, 7) is 5.70. The molecule has 1 rings (SSSR count). The maximum absolute atomic E-state index is 11.5. The highest BCUT2D eigenvalue weighted by Crippen LogP contribution is 2.02. The van der Waals surface area contributed by atoms with Crippen LogP contribution >= 0.6 is 0 Å². The van der Waals surface area contributed by atoms with Gasteiger partial charge in [0, 0.05) is 5.54 Å². The molecule has 0 saturated heterocycles. The van der Waals surface area contributed by atoms with Gasteiger partial charge in [-0.3, -0.25) is 4.79 Å². The van der Waals surface area contributed by atoms with Gasteiger partial charge in [0.05, 0.1) is 12.4 Å². The van der Waals surface area contributed by atoms with E-state index < -0.39 is 0 Å². The number of hydrogen-bond donors (Lipinski definition) is 2. The molecule has 3 N–H and O–H groups in total. The Kier molecular flexibility index (Phi) is 2.69. The van der Waals surface area contributed by atoms with Crippen LogP contribution in [-0.2, 0) is 0 Å². The minimum absolute atomic E-state index is 0.245. The maximum Gasteiger partial charge on any atom is 0.271 e. The third kappa shape index (κ3) is 3.01. The number of nitrogen functional groups attached to an aromatic ring is 1. The number of carbonyl (C=O) groups excluding carboxylic acids is 1. The van der Waals surface area contributed by atoms with Crippen molar-refractivity contribution >= 4 is 11.7 Å². The number of hydrogen-bond acceptors (Lipinski definition) is 4. The molecule has 0 aliphatic rings. The van der Waals surface area contributed by atoms with E-state index in [1.807, 2.05) is 20.8 Å². The van der Waals surface area contributed by atoms with Crippen LogP contribution in [0.1, 0.15) is 31.3 Å². The first-order chi connectivity index (χ1) is 6.38. The van der Waals surface area contributed by atoms with Crippen molar-refractivity contribution in [2.75, 3.05) is 5.73 Å². The summed E-state index contributed by atoms with van der Waals surface area (Å²) in [6.07, 6.45) is 2.72. The predicted octanol–water partition coefficient (Wildman–Crippen LogP) is 0.587. The quantitative estimate of drug-likeness (QED) is 0.685. The Hall–Kier alpha value is -1.65. The highest BCUT2D eigenvalue weighted by molar-refractivity contribution is 5.92. The number of aromatic nitrogens is 2. The fourth-order valence-corrected chi connectivity index (χ4v) is 0.860. The second kappa shape index (κ2) is 3.61. The molecule has 0 fully saturated rings. The second-order valence-electron chi connectivity index (χ2n) is 4.03. The Labute approximate surface area is 82.7 Å². The molecule has 0 bridgehead atoms. The molecule has 1 aromatic heterocycles. The highest BCUT2D eigenvalue weighted by Gasteiger charge is 2.16. The van der Waals surface area contributed by atoms with Crippen molar-refractivity contribution in [3.05, 3.63) is 18.1 Å². The number of nitrogens with one attached hydrogen (secondary N) is 1. The number of nitrogens with two attached hydrogens (primary N) is 1. The summed E-state index contributed by atoms with van der Waals surface area (Å²) in [5.74, 6) is 0.0577. The molecule has 1 aromatic rings. The zero-order chi connectivity index (χ0) is 10.8. The lowest BCUT2D eigenvalue weighted by Crippen LogP contribution is -2.40. The largest absolute Gasteiger partial charge is 0.382 e. The van der Waals surface area contributed by atoms with Gasteiger partial charge < -0.3 is 11.1 Å². The first-order valence-corrected chi connectivity index (χ1v) is 4.28. The molecule has 1 amide bonds. The van der Waals surface area contributed by atoms with Gasteiger partial charge in [-0.2, -0.15) is 0 Å². The van der Waals surface area contributed by atoms with Gasteiger partial charge in [0.1, 0.15) is 11.5 Å². The van der Waals surface area contributed by atoms with Crippen LogP contribution in [-0.4, -0.2) is 21.4 Å². The smallest absolute Gasteiger partial charge is 0.271 e. The van der Waals surface area contributed by atoms with Crippen LogP contribution in [0.5, 0.6) is 0 Å². The van der Waals surface area contributed by atoms with Crippen LogP contribution in [0.25, 0.3) is 0 Å². The Morgan fingerprint density at radius 3 is 2.43 bits per heavy atom. The van der Waals surface area contributed by atoms with Crippen molar-refractivity contribution in [3.8, 4) is 0 Å². The molecule has 0 radical (unpaired) electrons. The molecule has 0 saturated carbocycles. The zero-order valence-corrected chi connectivity index (χ0v) is 8.53. The molecule has 0 aliphatic carbocycles. The molecule has 0 aliphatic heterocycles. The van der Waals surface area contributed by atoms with E-state index in [-0.39, 0.29) is 17.1 Å². The summed E-state index contributed by atoms with van der Waals surface area (Å²) >= 11 is 0. The van der Waals surface area contributed by atoms with Gasteiger partial charge in [-0.25, -0.2) is 9.97 Å². The SMILES string of the molecule is CC(C)(C)NC(=O)c1cnc(N)cn1. The molecule has 14 heavy (non-hydrogen) atoms. The maximum atomic E-state index is 11.5. The average Bonchev–Trinajstić information content (AvgIpc) is 2.02. The molecule has 0 unspecified atom stereocenters. The Morgan fingerprint density at radius 2 is 2.00 bits per heavy atom. The molecule has 0 aromatic carbocycles. The summed E-state index contributed by atoms with van der Waals surface area (Å²) in [5.41, 5.74) is 5.34. The fraction of sp³-hybridized carbons (Fsp3) is 0.444. The predicted molar refractivity (Wildman–Crippen MR) is 53.7 cm³/mol. The van der Waals surface area contributed by atoms with E-state index in [2.05, 4.69) is 15.3 Å². The van der Waals surface area contributed by atoms with Gasteiger partial charge in [0.25, 0.3) is 5.91 Å². The third-order valence-electron chi connectivity index (χ3n) is 1.39. The summed E-state index contributed by atoms with van der Waals surface area (Å²) in [6, 6.07) is 0. The van der Waals surface area contributed by atoms with Crippen molar-refractivity contribution in [1.29, 1.82) is 0 Å². The number of anilines is 1. The van der Waals surface area contributed by atoms with Crippen molar-refractivity contribution in [2.45, 2.75) is 26.3 Å². The minimum atomic E-state index is -0.278. The van der Waals surface area contributed by atoms with Gasteiger partial charge in [-0.05, 0) is 20.8 Å². The van der Waals surface area contributed by atoms with Gasteiger partial charge in [-0.1, -0.05) is 0 Å². The Balaban J connectivity index is 2.76. The van der Waals surface area contributed by atoms with Crippen molar-refractivity contribution in [2.24, 2.45) is 0 Å². The van der Waals surface area contributed by atoms with Gasteiger partial charge in [0.2, 0.25) is 0 Å². The van der Waals surface area contributed by atoms with E-state index in [0.29, 0.717) is 5.82 Å². The lowest BCUT2D eigenvalue weighted by atomic mass is 10.1. The number of nitrogens with zero attached hydrogens (tertiary/aromatic N) is 2. The summed E-state index contributed by atoms with van der Waals surface area (Å²) < 4.78 is 0. The summed E-state index contributed by atoms with van der Waals surface area (Å²) in [4.78, 5) is 19.2. The van der Waals surface area contributed by atoms with Crippen molar-refractivity contribution in [3.63, 3.8) is 0 Å². The van der Waals surface area contributed by atoms with Crippen LogP contribution < -0.4 is 11.1 Å². The van der Waals surface area contributed by atoms with Crippen molar-refractivity contribution in [1.82, 2.24) is 15.3 Å². The molecule has 5 nitrogen and oxygen atoms in total. The molecular weight excluding hydrogens is 180 g/mol. The average molecular weight is 194 g/mol. The lowest BCUT2D eigenvalue weighted by Gasteiger charge is -2.19. The van der Waals surface area contributed by atoms with E-state index in [4.69, 9.17) is 5.73 Å². The van der Waals surface area contributed by atoms with E-state index >= 15 is 0 Å². The standard InChI is InChI=1S/C9H14N4O/c1-9(2,3)13-8(14)6-4-12-7(10)5-11-6/h4-5H,1-3H3,(H2,10,12)(H,13,14). The highest BCUT2D eigenvalue weighted by atomic mass is 16.2. The first kappa shape index (κ1) is 10.4. The molecular formula is C9H14N4O. The third-order valence-corrected chi connectivity index (χ3v) is 1.39. The van der Waals surface area contributed by atoms with Gasteiger partial charge >= 0.3 is 0 Å². The van der Waals surface area contributed by atoms with Crippen LogP contribution in [0.3, 0.4) is 0 Å². The molecule has 1 heterocycles. The fourth-order valence-electron chi connectivity index (χ4n) is 0.860. The molecule has 0 atom stereocenters. The number of rotatable bonds is 1. The second-order valence-corrected chi connectivity index (χ2v) is 4.03. The van der Waals surface area contributed by atoms with Gasteiger partial charge in [-0.15, -0.1) is 0 Å². The molecule has 0 spiro atoms. The lowest BCUT2D eigenvalue weighted by molar-refractivity contribution is 0.0914. The Morgan fingerprint density at radius 1 is 1.36 bits per heavy atom. The summed E-state index contributed by atoms with van der Waals surface area (Å²) in [7, 11) is 0. The molecule has 5 heteroatoms. The van der Waals surface area contributed by atoms with Crippen LogP contribution in [0.15, 0.2) is 12.4 Å². The topological polar surface area (TPSA) is 80.9 Å². The minimum Gasteiger partial charge on any atom is -0.382 e. The number of carbonyl (C=O) groups is 1. The van der Waals surface area contributed by atoms with E-state index in [1.54, 1.807) is 0 Å². The van der Waals surface area contributed by atoms with Crippen LogP contribution in [0.4, 0.5) is 5.82 Å². The number of amides is 1. The Bertz CT molecular complexity index is 326. The van der Waals surface area contributed by atoms with E-state index in [0.717, 1.165) is 0 Å². The zero-order valence-electron chi connectivity index (χ0n) is 8.53. The van der Waals surface area contributed by atoms with E-state index in [9.17, 15) is 4.79 Å². The normalized spacial score (nSPS) is 11.1. The molecule has 76 valence electrons. The first-order valence-electron chi connectivity index (χ1n) is 4.28.